The monoisotopic (exact) mass is 460 g/mol. The van der Waals surface area contributed by atoms with Crippen LogP contribution in [0.25, 0.3) is 22.6 Å². The number of hydrogen-bond donors (Lipinski definition) is 3. The SMILES string of the molecule is COc1ccc2c(c1)C(=O)N(CC1(c3cc4nc(-c5nn[nH]n5)ccc4o3)NC(=O)NC1=O)C2. The third kappa shape index (κ3) is 2.90. The van der Waals surface area contributed by atoms with Gasteiger partial charge in [-0.2, -0.15) is 5.21 Å². The minimum Gasteiger partial charge on any atom is -0.497 e. The van der Waals surface area contributed by atoms with Crippen LogP contribution in [0, 0.1) is 0 Å². The molecule has 1 atom stereocenters. The van der Waals surface area contributed by atoms with Crippen LogP contribution in [0.1, 0.15) is 21.7 Å². The third-order valence-corrected chi connectivity index (χ3v) is 5.93. The normalized spacial score (nSPS) is 19.4. The van der Waals surface area contributed by atoms with Gasteiger partial charge >= 0.3 is 6.03 Å². The zero-order chi connectivity index (χ0) is 23.4. The summed E-state index contributed by atoms with van der Waals surface area (Å²) in [4.78, 5) is 44.3. The van der Waals surface area contributed by atoms with Crippen LogP contribution < -0.4 is 15.4 Å². The fourth-order valence-corrected chi connectivity index (χ4v) is 4.26. The predicted octanol–water partition coefficient (Wildman–Crippen LogP) is 0.707. The van der Waals surface area contributed by atoms with Gasteiger partial charge in [-0.1, -0.05) is 6.07 Å². The Bertz CT molecular complexity index is 1480. The highest BCUT2D eigenvalue weighted by molar-refractivity contribution is 6.08. The van der Waals surface area contributed by atoms with Gasteiger partial charge in [0.2, 0.25) is 5.82 Å². The first-order valence-corrected chi connectivity index (χ1v) is 10.2. The number of benzene rings is 1. The second kappa shape index (κ2) is 7.10. The average molecular weight is 460 g/mol. The van der Waals surface area contributed by atoms with Crippen molar-refractivity contribution in [3.05, 3.63) is 53.3 Å². The van der Waals surface area contributed by atoms with E-state index in [0.717, 1.165) is 5.56 Å². The summed E-state index contributed by atoms with van der Waals surface area (Å²) in [6, 6.07) is 9.40. The Morgan fingerprint density at radius 1 is 1.18 bits per heavy atom. The fraction of sp³-hybridized carbons (Fsp3) is 0.190. The van der Waals surface area contributed by atoms with E-state index >= 15 is 0 Å². The number of aromatic amines is 1. The first-order chi connectivity index (χ1) is 16.5. The maximum atomic E-state index is 13.1. The summed E-state index contributed by atoms with van der Waals surface area (Å²) in [6.07, 6.45) is 0. The molecule has 13 heteroatoms. The van der Waals surface area contributed by atoms with E-state index in [-0.39, 0.29) is 24.8 Å². The number of H-pyrrole nitrogens is 1. The number of carbonyl (C=O) groups is 3. The molecular weight excluding hydrogens is 444 g/mol. The lowest BCUT2D eigenvalue weighted by atomic mass is 9.95. The highest BCUT2D eigenvalue weighted by Crippen LogP contribution is 2.35. The van der Waals surface area contributed by atoms with Gasteiger partial charge < -0.3 is 19.4 Å². The van der Waals surface area contributed by atoms with Crippen molar-refractivity contribution in [3.8, 4) is 17.3 Å². The number of furan rings is 1. The van der Waals surface area contributed by atoms with E-state index < -0.39 is 17.5 Å². The van der Waals surface area contributed by atoms with Crippen LogP contribution in [-0.4, -0.2) is 62.0 Å². The van der Waals surface area contributed by atoms with Gasteiger partial charge in [-0.3, -0.25) is 14.9 Å². The van der Waals surface area contributed by atoms with Crippen LogP contribution in [0.15, 0.2) is 40.8 Å². The molecule has 1 unspecified atom stereocenters. The van der Waals surface area contributed by atoms with E-state index in [2.05, 4.69) is 36.2 Å². The molecule has 0 spiro atoms. The molecule has 1 aromatic carbocycles. The summed E-state index contributed by atoms with van der Waals surface area (Å²) in [7, 11) is 1.52. The number of nitrogens with one attached hydrogen (secondary N) is 3. The van der Waals surface area contributed by atoms with Gasteiger partial charge in [-0.15, -0.1) is 10.2 Å². The number of methoxy groups -OCH3 is 1. The average Bonchev–Trinajstić information content (AvgIpc) is 3.61. The van der Waals surface area contributed by atoms with Gasteiger partial charge in [-0.05, 0) is 35.0 Å². The molecule has 1 saturated heterocycles. The minimum absolute atomic E-state index is 0.141. The largest absolute Gasteiger partial charge is 0.497 e. The summed E-state index contributed by atoms with van der Waals surface area (Å²) < 4.78 is 11.2. The Morgan fingerprint density at radius 3 is 2.79 bits per heavy atom. The summed E-state index contributed by atoms with van der Waals surface area (Å²) in [5.74, 6) is 0.0792. The number of amides is 4. The van der Waals surface area contributed by atoms with Gasteiger partial charge in [0.05, 0.1) is 13.7 Å². The number of hydrogen-bond acceptors (Lipinski definition) is 9. The van der Waals surface area contributed by atoms with Crippen LogP contribution in [0.5, 0.6) is 5.75 Å². The van der Waals surface area contributed by atoms with Gasteiger partial charge in [0.1, 0.15) is 22.7 Å². The second-order valence-corrected chi connectivity index (χ2v) is 7.92. The summed E-state index contributed by atoms with van der Waals surface area (Å²) in [5, 5.41) is 18.6. The lowest BCUT2D eigenvalue weighted by Crippen LogP contribution is -2.52. The van der Waals surface area contributed by atoms with E-state index in [1.807, 2.05) is 0 Å². The third-order valence-electron chi connectivity index (χ3n) is 5.93. The topological polar surface area (TPSA) is 168 Å². The van der Waals surface area contributed by atoms with Crippen molar-refractivity contribution < 1.29 is 23.5 Å². The molecular formula is C21H16N8O5. The number of aromatic nitrogens is 5. The number of ether oxygens (including phenoxy) is 1. The number of fused-ring (bicyclic) bond motifs is 2. The Balaban J connectivity index is 1.39. The van der Waals surface area contributed by atoms with E-state index in [4.69, 9.17) is 9.15 Å². The Labute approximate surface area is 190 Å². The smallest absolute Gasteiger partial charge is 0.322 e. The molecule has 170 valence electrons. The number of pyridine rings is 1. The highest BCUT2D eigenvalue weighted by atomic mass is 16.5. The number of imide groups is 1. The molecule has 3 aromatic heterocycles. The summed E-state index contributed by atoms with van der Waals surface area (Å²) in [6.45, 7) is 0.126. The Morgan fingerprint density at radius 2 is 2.06 bits per heavy atom. The molecule has 4 aromatic rings. The highest BCUT2D eigenvalue weighted by Gasteiger charge is 2.53. The van der Waals surface area contributed by atoms with Crippen LogP contribution in [0.3, 0.4) is 0 Å². The van der Waals surface area contributed by atoms with Gasteiger partial charge in [0.15, 0.2) is 11.1 Å². The standard InChI is InChI=1S/C21H16N8O5/c1-33-11-3-2-10-8-29(18(30)12(10)6-11)9-21(19(31)23-20(32)24-21)16-7-14-15(34-16)5-4-13(22-14)17-25-27-28-26-17/h2-7H,8-9H2,1H3,(H2,23,24,31,32)(H,25,26,27,28). The molecule has 0 saturated carbocycles. The minimum atomic E-state index is -1.63. The van der Waals surface area contributed by atoms with Crippen molar-refractivity contribution in [2.24, 2.45) is 0 Å². The van der Waals surface area contributed by atoms with Crippen molar-refractivity contribution in [1.82, 2.24) is 41.1 Å². The maximum Gasteiger partial charge on any atom is 0.322 e. The molecule has 34 heavy (non-hydrogen) atoms. The summed E-state index contributed by atoms with van der Waals surface area (Å²) in [5.41, 5.74) is 0.896. The zero-order valence-electron chi connectivity index (χ0n) is 17.7. The van der Waals surface area contributed by atoms with E-state index in [1.54, 1.807) is 36.4 Å². The number of carbonyl (C=O) groups excluding carboxylic acids is 3. The molecule has 0 bridgehead atoms. The van der Waals surface area contributed by atoms with Gasteiger partial charge in [0.25, 0.3) is 11.8 Å². The lowest BCUT2D eigenvalue weighted by Gasteiger charge is -2.28. The first kappa shape index (κ1) is 19.8. The lowest BCUT2D eigenvalue weighted by molar-refractivity contribution is -0.125. The van der Waals surface area contributed by atoms with Crippen molar-refractivity contribution >= 4 is 28.9 Å². The molecule has 6 rings (SSSR count). The molecule has 0 radical (unpaired) electrons. The molecule has 3 N–H and O–H groups in total. The quantitative estimate of drug-likeness (QED) is 0.363. The van der Waals surface area contributed by atoms with Crippen LogP contribution >= 0.6 is 0 Å². The van der Waals surface area contributed by atoms with E-state index in [0.29, 0.717) is 33.9 Å². The zero-order valence-corrected chi connectivity index (χ0v) is 17.7. The molecule has 4 amide bonds. The first-order valence-electron chi connectivity index (χ1n) is 10.2. The molecule has 13 nitrogen and oxygen atoms in total. The van der Waals surface area contributed by atoms with Crippen molar-refractivity contribution in [3.63, 3.8) is 0 Å². The van der Waals surface area contributed by atoms with Crippen molar-refractivity contribution in [1.29, 1.82) is 0 Å². The van der Waals surface area contributed by atoms with Gasteiger partial charge in [-0.25, -0.2) is 9.78 Å². The van der Waals surface area contributed by atoms with Crippen molar-refractivity contribution in [2.45, 2.75) is 12.1 Å². The number of tetrazole rings is 1. The summed E-state index contributed by atoms with van der Waals surface area (Å²) >= 11 is 0. The van der Waals surface area contributed by atoms with Gasteiger partial charge in [0, 0.05) is 18.2 Å². The fourth-order valence-electron chi connectivity index (χ4n) is 4.26. The van der Waals surface area contributed by atoms with Crippen LogP contribution in [-0.2, 0) is 16.9 Å². The second-order valence-electron chi connectivity index (χ2n) is 7.92. The van der Waals surface area contributed by atoms with E-state index in [1.165, 1.54) is 12.0 Å². The molecule has 2 aliphatic rings. The molecule has 5 heterocycles. The maximum absolute atomic E-state index is 13.1. The Kier molecular flexibility index (Phi) is 4.14. The predicted molar refractivity (Wildman–Crippen MR) is 113 cm³/mol. The molecule has 1 fully saturated rings. The number of nitrogens with zero attached hydrogens (tertiary/aromatic N) is 5. The van der Waals surface area contributed by atoms with E-state index in [9.17, 15) is 14.4 Å². The Hall–Kier alpha value is -4.81. The van der Waals surface area contributed by atoms with Crippen LogP contribution in [0.2, 0.25) is 0 Å². The van der Waals surface area contributed by atoms with Crippen LogP contribution in [0.4, 0.5) is 4.79 Å². The molecule has 0 aliphatic carbocycles. The number of rotatable bonds is 5. The number of urea groups is 1. The molecule has 2 aliphatic heterocycles. The van der Waals surface area contributed by atoms with Crippen molar-refractivity contribution in [2.75, 3.05) is 13.7 Å².